The number of para-hydroxylation sites is 1. The van der Waals surface area contributed by atoms with E-state index in [1.807, 2.05) is 59.3 Å². The summed E-state index contributed by atoms with van der Waals surface area (Å²) in [5.74, 6) is 0.612. The second-order valence-corrected chi connectivity index (χ2v) is 10.2. The summed E-state index contributed by atoms with van der Waals surface area (Å²) in [4.78, 5) is 27.0. The predicted octanol–water partition coefficient (Wildman–Crippen LogP) is 3.71. The summed E-state index contributed by atoms with van der Waals surface area (Å²) >= 11 is 2.91. The maximum atomic E-state index is 13.1. The van der Waals surface area contributed by atoms with Crippen LogP contribution in [0, 0.1) is 6.92 Å². The van der Waals surface area contributed by atoms with Crippen LogP contribution in [0.1, 0.15) is 18.5 Å². The molecule has 0 spiro atoms. The number of ether oxygens (including phenoxy) is 1. The number of carbonyl (C=O) groups excluding carboxylic acids is 1. The molecule has 1 saturated heterocycles. The van der Waals surface area contributed by atoms with E-state index in [1.165, 1.54) is 11.8 Å². The highest BCUT2D eigenvalue weighted by Gasteiger charge is 2.23. The second kappa shape index (κ2) is 10.2. The first-order valence-electron chi connectivity index (χ1n) is 11.4. The van der Waals surface area contributed by atoms with Crippen molar-refractivity contribution in [3.63, 3.8) is 0 Å². The monoisotopic (exact) mass is 510 g/mol. The molecule has 0 radical (unpaired) electrons. The number of carbonyl (C=O) groups is 1. The van der Waals surface area contributed by atoms with Gasteiger partial charge in [-0.3, -0.25) is 18.8 Å². The Morgan fingerprint density at radius 1 is 1.23 bits per heavy atom. The van der Waals surface area contributed by atoms with Gasteiger partial charge in [-0.25, -0.2) is 4.68 Å². The first-order valence-corrected chi connectivity index (χ1v) is 13.2. The third kappa shape index (κ3) is 4.84. The van der Waals surface area contributed by atoms with E-state index in [1.54, 1.807) is 27.7 Å². The van der Waals surface area contributed by atoms with Gasteiger partial charge >= 0.3 is 0 Å². The van der Waals surface area contributed by atoms with E-state index in [-0.39, 0.29) is 29.0 Å². The van der Waals surface area contributed by atoms with E-state index in [9.17, 15) is 9.59 Å². The Hall–Kier alpha value is -3.15. The molecule has 1 atom stereocenters. The molecule has 35 heavy (non-hydrogen) atoms. The zero-order valence-corrected chi connectivity index (χ0v) is 21.1. The fourth-order valence-electron chi connectivity index (χ4n) is 4.16. The average molecular weight is 511 g/mol. The van der Waals surface area contributed by atoms with Crippen LogP contribution in [0.5, 0.6) is 0 Å². The van der Waals surface area contributed by atoms with E-state index in [4.69, 9.17) is 4.74 Å². The predicted molar refractivity (Wildman–Crippen MR) is 137 cm³/mol. The SMILES string of the molecule is Cc1c(NC(=O)CSc2nnc(-c3cccs3)n2CC2CCCO2)c(=O)n(-c2ccccc2)n1C. The van der Waals surface area contributed by atoms with Gasteiger partial charge in [0.05, 0.1) is 34.7 Å². The molecule has 0 bridgehead atoms. The lowest BCUT2D eigenvalue weighted by Crippen LogP contribution is -2.23. The van der Waals surface area contributed by atoms with Crippen molar-refractivity contribution < 1.29 is 9.53 Å². The first-order chi connectivity index (χ1) is 17.0. The second-order valence-electron chi connectivity index (χ2n) is 8.30. The topological polar surface area (TPSA) is 96.0 Å². The Labute approximate surface area is 210 Å². The van der Waals surface area contributed by atoms with Crippen molar-refractivity contribution in [3.05, 3.63) is 63.9 Å². The van der Waals surface area contributed by atoms with Crippen LogP contribution >= 0.6 is 23.1 Å². The fraction of sp³-hybridized carbons (Fsp3) is 0.333. The summed E-state index contributed by atoms with van der Waals surface area (Å²) in [6, 6.07) is 13.3. The van der Waals surface area contributed by atoms with Crippen LogP contribution in [0.4, 0.5) is 5.69 Å². The van der Waals surface area contributed by atoms with E-state index in [0.717, 1.165) is 35.8 Å². The number of benzene rings is 1. The molecule has 0 saturated carbocycles. The third-order valence-corrected chi connectivity index (χ3v) is 7.85. The molecule has 0 aliphatic carbocycles. The standard InChI is InChI=1S/C24H26N6O3S2/c1-16-21(23(32)30(28(16)2)17-8-4-3-5-9-17)25-20(31)15-35-24-27-26-22(19-11-7-13-34-19)29(24)14-18-10-6-12-33-18/h3-5,7-9,11,13,18H,6,10,12,14-15H2,1-2H3,(H,25,31). The Bertz CT molecular complexity index is 1370. The molecule has 1 N–H and O–H groups in total. The molecule has 182 valence electrons. The van der Waals surface area contributed by atoms with Gasteiger partial charge in [0, 0.05) is 13.7 Å². The van der Waals surface area contributed by atoms with Gasteiger partial charge in [0.2, 0.25) is 5.91 Å². The highest BCUT2D eigenvalue weighted by atomic mass is 32.2. The van der Waals surface area contributed by atoms with Crippen LogP contribution in [0.2, 0.25) is 0 Å². The highest BCUT2D eigenvalue weighted by Crippen LogP contribution is 2.29. The largest absolute Gasteiger partial charge is 0.376 e. The number of hydrogen-bond donors (Lipinski definition) is 1. The molecule has 9 nitrogen and oxygen atoms in total. The van der Waals surface area contributed by atoms with E-state index in [0.29, 0.717) is 17.4 Å². The molecular weight excluding hydrogens is 484 g/mol. The molecule has 3 aromatic heterocycles. The number of rotatable bonds is 8. The maximum absolute atomic E-state index is 13.1. The van der Waals surface area contributed by atoms with E-state index >= 15 is 0 Å². The number of aromatic nitrogens is 5. The van der Waals surface area contributed by atoms with Gasteiger partial charge in [0.25, 0.3) is 5.56 Å². The van der Waals surface area contributed by atoms with Crippen molar-refractivity contribution in [2.45, 2.75) is 37.6 Å². The van der Waals surface area contributed by atoms with Gasteiger partial charge in [0.15, 0.2) is 11.0 Å². The third-order valence-electron chi connectivity index (χ3n) is 6.02. The lowest BCUT2D eigenvalue weighted by atomic mass is 10.2. The molecular formula is C24H26N6O3S2. The maximum Gasteiger partial charge on any atom is 0.295 e. The number of nitrogens with one attached hydrogen (secondary N) is 1. The smallest absolute Gasteiger partial charge is 0.295 e. The molecule has 1 aromatic carbocycles. The molecule has 1 fully saturated rings. The number of thiophene rings is 1. The average Bonchev–Trinajstić information content (AvgIpc) is 3.66. The number of thioether (sulfide) groups is 1. The lowest BCUT2D eigenvalue weighted by molar-refractivity contribution is -0.113. The molecule has 1 aliphatic heterocycles. The quantitative estimate of drug-likeness (QED) is 0.363. The van der Waals surface area contributed by atoms with Gasteiger partial charge in [-0.15, -0.1) is 21.5 Å². The van der Waals surface area contributed by atoms with Crippen LogP contribution in [0.3, 0.4) is 0 Å². The molecule has 4 aromatic rings. The van der Waals surface area contributed by atoms with Crippen molar-refractivity contribution in [2.24, 2.45) is 7.05 Å². The fourth-order valence-corrected chi connectivity index (χ4v) is 5.62. The van der Waals surface area contributed by atoms with Gasteiger partial charge in [-0.05, 0) is 43.3 Å². The number of nitrogens with zero attached hydrogens (tertiary/aromatic N) is 5. The zero-order valence-electron chi connectivity index (χ0n) is 19.5. The summed E-state index contributed by atoms with van der Waals surface area (Å²) in [5, 5.41) is 14.2. The summed E-state index contributed by atoms with van der Waals surface area (Å²) in [6.07, 6.45) is 2.15. The molecule has 11 heteroatoms. The minimum absolute atomic E-state index is 0.104. The Morgan fingerprint density at radius 3 is 2.77 bits per heavy atom. The van der Waals surface area contributed by atoms with Crippen LogP contribution in [0.15, 0.2) is 57.8 Å². The lowest BCUT2D eigenvalue weighted by Gasteiger charge is -2.14. The van der Waals surface area contributed by atoms with Crippen LogP contribution in [0.25, 0.3) is 16.4 Å². The summed E-state index contributed by atoms with van der Waals surface area (Å²) in [5.41, 5.74) is 1.43. The Morgan fingerprint density at radius 2 is 2.06 bits per heavy atom. The summed E-state index contributed by atoms with van der Waals surface area (Å²) < 4.78 is 11.2. The van der Waals surface area contributed by atoms with E-state index in [2.05, 4.69) is 15.5 Å². The van der Waals surface area contributed by atoms with Crippen molar-refractivity contribution in [1.29, 1.82) is 0 Å². The van der Waals surface area contributed by atoms with Gasteiger partial charge in [-0.2, -0.15) is 0 Å². The van der Waals surface area contributed by atoms with Crippen molar-refractivity contribution in [2.75, 3.05) is 17.7 Å². The highest BCUT2D eigenvalue weighted by molar-refractivity contribution is 7.99. The van der Waals surface area contributed by atoms with Crippen molar-refractivity contribution >= 4 is 34.7 Å². The van der Waals surface area contributed by atoms with Crippen LogP contribution in [-0.4, -0.2) is 48.5 Å². The zero-order chi connectivity index (χ0) is 24.4. The number of hydrogen-bond acceptors (Lipinski definition) is 7. The molecule has 1 unspecified atom stereocenters. The molecule has 4 heterocycles. The molecule has 5 rings (SSSR count). The molecule has 1 amide bonds. The Kier molecular flexibility index (Phi) is 6.89. The number of anilines is 1. The summed E-state index contributed by atoms with van der Waals surface area (Å²) in [6.45, 7) is 3.22. The van der Waals surface area contributed by atoms with Gasteiger partial charge in [0.1, 0.15) is 5.69 Å². The summed E-state index contributed by atoms with van der Waals surface area (Å²) in [7, 11) is 1.80. The number of amides is 1. The first kappa shape index (κ1) is 23.6. The van der Waals surface area contributed by atoms with Gasteiger partial charge in [-0.1, -0.05) is 36.0 Å². The van der Waals surface area contributed by atoms with Gasteiger partial charge < -0.3 is 10.1 Å². The van der Waals surface area contributed by atoms with E-state index < -0.39 is 0 Å². The minimum atomic E-state index is -0.273. The normalized spacial score (nSPS) is 15.5. The van der Waals surface area contributed by atoms with Crippen LogP contribution in [-0.2, 0) is 23.1 Å². The van der Waals surface area contributed by atoms with Crippen molar-refractivity contribution in [3.8, 4) is 16.4 Å². The van der Waals surface area contributed by atoms with Crippen molar-refractivity contribution in [1.82, 2.24) is 24.1 Å². The Balaban J connectivity index is 1.33. The minimum Gasteiger partial charge on any atom is -0.376 e. The molecule has 1 aliphatic rings. The van der Waals surface area contributed by atoms with Crippen LogP contribution < -0.4 is 10.9 Å².